The molecule has 1 aromatic carbocycles. The van der Waals surface area contributed by atoms with Crippen molar-refractivity contribution in [3.8, 4) is 0 Å². The number of carbonyl (C=O) groups is 1. The van der Waals surface area contributed by atoms with Gasteiger partial charge >= 0.3 is 0 Å². The third kappa shape index (κ3) is 2.93. The Morgan fingerprint density at radius 3 is 2.72 bits per heavy atom. The monoisotopic (exact) mass is 311 g/mol. The number of amides is 1. The lowest BCUT2D eigenvalue weighted by molar-refractivity contribution is 0.0361. The van der Waals surface area contributed by atoms with Gasteiger partial charge in [-0.15, -0.1) is 0 Å². The molecule has 0 N–H and O–H groups in total. The van der Waals surface area contributed by atoms with Crippen molar-refractivity contribution >= 4 is 21.8 Å². The van der Waals surface area contributed by atoms with Gasteiger partial charge < -0.3 is 9.64 Å². The maximum atomic E-state index is 12.5. The van der Waals surface area contributed by atoms with E-state index in [4.69, 9.17) is 4.74 Å². The van der Waals surface area contributed by atoms with Gasteiger partial charge in [-0.2, -0.15) is 0 Å². The molecule has 0 radical (unpaired) electrons. The van der Waals surface area contributed by atoms with Gasteiger partial charge in [-0.1, -0.05) is 22.0 Å². The summed E-state index contributed by atoms with van der Waals surface area (Å²) in [4.78, 5) is 14.3. The molecule has 1 heterocycles. The van der Waals surface area contributed by atoms with Gasteiger partial charge in [0.2, 0.25) is 0 Å². The number of carbonyl (C=O) groups excluding carboxylic acids is 1. The quantitative estimate of drug-likeness (QED) is 0.840. The molecular formula is C14H18BrNO2. The van der Waals surface area contributed by atoms with Crippen LogP contribution in [-0.4, -0.2) is 37.1 Å². The topological polar surface area (TPSA) is 29.5 Å². The minimum Gasteiger partial charge on any atom is -0.381 e. The van der Waals surface area contributed by atoms with E-state index in [-0.39, 0.29) is 5.91 Å². The SMILES string of the molecule is Cc1ccc(Br)cc1C(=O)N(C)C1CCOCC1. The molecule has 0 spiro atoms. The van der Waals surface area contributed by atoms with Crippen LogP contribution in [0.3, 0.4) is 0 Å². The lowest BCUT2D eigenvalue weighted by atomic mass is 10.0. The molecule has 0 bridgehead atoms. The summed E-state index contributed by atoms with van der Waals surface area (Å²) in [5.74, 6) is 0.0979. The zero-order valence-electron chi connectivity index (χ0n) is 10.8. The Balaban J connectivity index is 2.16. The summed E-state index contributed by atoms with van der Waals surface area (Å²) in [6.07, 6.45) is 1.85. The van der Waals surface area contributed by atoms with Gasteiger partial charge in [0.05, 0.1) is 0 Å². The summed E-state index contributed by atoms with van der Waals surface area (Å²) >= 11 is 3.42. The molecule has 1 fully saturated rings. The summed E-state index contributed by atoms with van der Waals surface area (Å²) in [7, 11) is 1.89. The summed E-state index contributed by atoms with van der Waals surface area (Å²) in [5.41, 5.74) is 1.79. The molecule has 18 heavy (non-hydrogen) atoms. The molecule has 0 aromatic heterocycles. The van der Waals surface area contributed by atoms with Crippen LogP contribution in [0.4, 0.5) is 0 Å². The van der Waals surface area contributed by atoms with Crippen LogP contribution in [0, 0.1) is 6.92 Å². The lowest BCUT2D eigenvalue weighted by Gasteiger charge is -2.31. The van der Waals surface area contributed by atoms with Gasteiger partial charge in [0.15, 0.2) is 0 Å². The van der Waals surface area contributed by atoms with Crippen molar-refractivity contribution in [2.45, 2.75) is 25.8 Å². The zero-order valence-corrected chi connectivity index (χ0v) is 12.4. The van der Waals surface area contributed by atoms with E-state index in [9.17, 15) is 4.79 Å². The Hall–Kier alpha value is -0.870. The number of hydrogen-bond acceptors (Lipinski definition) is 2. The fourth-order valence-electron chi connectivity index (χ4n) is 2.25. The van der Waals surface area contributed by atoms with Crippen LogP contribution in [-0.2, 0) is 4.74 Å². The van der Waals surface area contributed by atoms with E-state index in [0.717, 1.165) is 41.7 Å². The molecule has 0 unspecified atom stereocenters. The molecule has 3 nitrogen and oxygen atoms in total. The van der Waals surface area contributed by atoms with Gasteiger partial charge in [-0.05, 0) is 37.5 Å². The van der Waals surface area contributed by atoms with Crippen molar-refractivity contribution < 1.29 is 9.53 Å². The van der Waals surface area contributed by atoms with Crippen molar-refractivity contribution in [2.24, 2.45) is 0 Å². The Kier molecular flexibility index (Phi) is 4.40. The Labute approximate surface area is 116 Å². The molecule has 1 aliphatic heterocycles. The van der Waals surface area contributed by atoms with Crippen molar-refractivity contribution in [3.63, 3.8) is 0 Å². The minimum atomic E-state index is 0.0979. The number of hydrogen-bond donors (Lipinski definition) is 0. The number of halogens is 1. The molecule has 1 saturated heterocycles. The van der Waals surface area contributed by atoms with Gasteiger partial charge in [0.1, 0.15) is 0 Å². The molecule has 1 amide bonds. The van der Waals surface area contributed by atoms with E-state index in [1.165, 1.54) is 0 Å². The fourth-order valence-corrected chi connectivity index (χ4v) is 2.61. The van der Waals surface area contributed by atoms with Crippen LogP contribution in [0.15, 0.2) is 22.7 Å². The first-order valence-electron chi connectivity index (χ1n) is 6.20. The third-order valence-corrected chi connectivity index (χ3v) is 3.98. The fraction of sp³-hybridized carbons (Fsp3) is 0.500. The van der Waals surface area contributed by atoms with Gasteiger partial charge in [0, 0.05) is 36.3 Å². The van der Waals surface area contributed by atoms with E-state index in [1.54, 1.807) is 0 Å². The summed E-state index contributed by atoms with van der Waals surface area (Å²) in [6, 6.07) is 6.12. The maximum absolute atomic E-state index is 12.5. The predicted molar refractivity (Wildman–Crippen MR) is 74.8 cm³/mol. The van der Waals surface area contributed by atoms with E-state index in [1.807, 2.05) is 37.1 Å². The first-order chi connectivity index (χ1) is 8.59. The molecule has 0 aliphatic carbocycles. The van der Waals surface area contributed by atoms with Crippen LogP contribution in [0.25, 0.3) is 0 Å². The van der Waals surface area contributed by atoms with Crippen LogP contribution < -0.4 is 0 Å². The first-order valence-corrected chi connectivity index (χ1v) is 7.00. The molecule has 1 aromatic rings. The second-order valence-electron chi connectivity index (χ2n) is 4.72. The molecular weight excluding hydrogens is 294 g/mol. The highest BCUT2D eigenvalue weighted by Gasteiger charge is 2.24. The highest BCUT2D eigenvalue weighted by Crippen LogP contribution is 2.20. The number of benzene rings is 1. The standard InChI is InChI=1S/C14H18BrNO2/c1-10-3-4-11(15)9-13(10)14(17)16(2)12-5-7-18-8-6-12/h3-4,9,12H,5-8H2,1-2H3. The van der Waals surface area contributed by atoms with Crippen molar-refractivity contribution in [1.29, 1.82) is 0 Å². The Bertz CT molecular complexity index is 441. The van der Waals surface area contributed by atoms with E-state index in [2.05, 4.69) is 15.9 Å². The third-order valence-electron chi connectivity index (χ3n) is 3.49. The van der Waals surface area contributed by atoms with Crippen molar-refractivity contribution in [1.82, 2.24) is 4.90 Å². The van der Waals surface area contributed by atoms with E-state index in [0.29, 0.717) is 6.04 Å². The number of nitrogens with zero attached hydrogens (tertiary/aromatic N) is 1. The molecule has 1 aliphatic rings. The normalized spacial score (nSPS) is 16.6. The Morgan fingerprint density at radius 2 is 2.06 bits per heavy atom. The molecule has 98 valence electrons. The van der Waals surface area contributed by atoms with Crippen molar-refractivity contribution in [3.05, 3.63) is 33.8 Å². The second-order valence-corrected chi connectivity index (χ2v) is 5.63. The van der Waals surface area contributed by atoms with Gasteiger partial charge in [-0.25, -0.2) is 0 Å². The van der Waals surface area contributed by atoms with Crippen LogP contribution in [0.1, 0.15) is 28.8 Å². The highest BCUT2D eigenvalue weighted by molar-refractivity contribution is 9.10. The molecule has 4 heteroatoms. The van der Waals surface area contributed by atoms with Crippen LogP contribution in [0.2, 0.25) is 0 Å². The van der Waals surface area contributed by atoms with Crippen LogP contribution in [0.5, 0.6) is 0 Å². The minimum absolute atomic E-state index is 0.0979. The second kappa shape index (κ2) is 5.85. The molecule has 2 rings (SSSR count). The van der Waals surface area contributed by atoms with Gasteiger partial charge in [-0.3, -0.25) is 4.79 Å². The van der Waals surface area contributed by atoms with Gasteiger partial charge in [0.25, 0.3) is 5.91 Å². The largest absolute Gasteiger partial charge is 0.381 e. The van der Waals surface area contributed by atoms with E-state index >= 15 is 0 Å². The average Bonchev–Trinajstić information content (AvgIpc) is 2.41. The summed E-state index contributed by atoms with van der Waals surface area (Å²) in [5, 5.41) is 0. The number of ether oxygens (including phenoxy) is 1. The lowest BCUT2D eigenvalue weighted by Crippen LogP contribution is -2.40. The molecule has 0 saturated carbocycles. The maximum Gasteiger partial charge on any atom is 0.254 e. The Morgan fingerprint density at radius 1 is 1.39 bits per heavy atom. The zero-order chi connectivity index (χ0) is 13.1. The molecule has 0 atom stereocenters. The summed E-state index contributed by atoms with van der Waals surface area (Å²) in [6.45, 7) is 3.47. The smallest absolute Gasteiger partial charge is 0.254 e. The predicted octanol–water partition coefficient (Wildman–Crippen LogP) is 3.01. The summed E-state index contributed by atoms with van der Waals surface area (Å²) < 4.78 is 6.27. The average molecular weight is 312 g/mol. The number of aryl methyl sites for hydroxylation is 1. The van der Waals surface area contributed by atoms with E-state index < -0.39 is 0 Å². The van der Waals surface area contributed by atoms with Crippen LogP contribution >= 0.6 is 15.9 Å². The number of rotatable bonds is 2. The first kappa shape index (κ1) is 13.6. The van der Waals surface area contributed by atoms with Crippen molar-refractivity contribution in [2.75, 3.05) is 20.3 Å². The highest BCUT2D eigenvalue weighted by atomic mass is 79.9.